The zero-order valence-electron chi connectivity index (χ0n) is 13.7. The Bertz CT molecular complexity index is 303. The van der Waals surface area contributed by atoms with E-state index in [2.05, 4.69) is 11.9 Å². The van der Waals surface area contributed by atoms with Gasteiger partial charge in [-0.1, -0.05) is 13.3 Å². The number of unbranched alkanes of at least 4 members (excludes halogenated alkanes) is 1. The molecule has 5 nitrogen and oxygen atoms in total. The number of nitrogens with zero attached hydrogens (tertiary/aromatic N) is 3. The summed E-state index contributed by atoms with van der Waals surface area (Å²) in [6, 6.07) is 0. The van der Waals surface area contributed by atoms with Crippen LogP contribution in [0.15, 0.2) is 4.99 Å². The molecule has 0 spiro atoms. The molecular formula is C15H31N3O2. The van der Waals surface area contributed by atoms with Gasteiger partial charge in [0.05, 0.1) is 18.5 Å². The normalized spacial score (nSPS) is 13.2. The standard InChI is InChI=1S/C15H31N3O2/c1-6-8-10-16-14(4)17(5)12-15(20)18(7-2)11-9-13(3)19/h13,19H,6-12H2,1-5H3/b16-14-. The van der Waals surface area contributed by atoms with Crippen molar-refractivity contribution in [1.29, 1.82) is 0 Å². The Morgan fingerprint density at radius 2 is 2.00 bits per heavy atom. The first-order valence-electron chi connectivity index (χ1n) is 7.60. The number of aliphatic hydroxyl groups excluding tert-OH is 1. The van der Waals surface area contributed by atoms with Gasteiger partial charge in [0.2, 0.25) is 5.91 Å². The second-order valence-electron chi connectivity index (χ2n) is 5.25. The van der Waals surface area contributed by atoms with Gasteiger partial charge in [0.1, 0.15) is 0 Å². The van der Waals surface area contributed by atoms with Crippen LogP contribution < -0.4 is 0 Å². The van der Waals surface area contributed by atoms with E-state index in [1.54, 1.807) is 11.8 Å². The van der Waals surface area contributed by atoms with E-state index >= 15 is 0 Å². The van der Waals surface area contributed by atoms with Crippen molar-refractivity contribution in [2.45, 2.75) is 53.1 Å². The molecule has 1 N–H and O–H groups in total. The van der Waals surface area contributed by atoms with E-state index < -0.39 is 0 Å². The summed E-state index contributed by atoms with van der Waals surface area (Å²) in [5.41, 5.74) is 0. The fourth-order valence-corrected chi connectivity index (χ4v) is 1.74. The number of amidine groups is 1. The monoisotopic (exact) mass is 285 g/mol. The molecule has 0 radical (unpaired) electrons. The summed E-state index contributed by atoms with van der Waals surface area (Å²) in [5, 5.41) is 9.30. The Labute approximate surface area is 123 Å². The fraction of sp³-hybridized carbons (Fsp3) is 0.867. The molecule has 0 aromatic carbocycles. The van der Waals surface area contributed by atoms with E-state index in [1.165, 1.54) is 0 Å². The minimum Gasteiger partial charge on any atom is -0.393 e. The average molecular weight is 285 g/mol. The van der Waals surface area contributed by atoms with Crippen LogP contribution in [0.4, 0.5) is 0 Å². The molecule has 118 valence electrons. The Morgan fingerprint density at radius 1 is 1.35 bits per heavy atom. The molecule has 0 saturated carbocycles. The highest BCUT2D eigenvalue weighted by molar-refractivity contribution is 5.86. The zero-order chi connectivity index (χ0) is 15.5. The molecular weight excluding hydrogens is 254 g/mol. The van der Waals surface area contributed by atoms with Gasteiger partial charge in [-0.05, 0) is 33.6 Å². The highest BCUT2D eigenvalue weighted by atomic mass is 16.3. The number of hydrogen-bond donors (Lipinski definition) is 1. The first-order chi connectivity index (χ1) is 9.42. The second-order valence-corrected chi connectivity index (χ2v) is 5.25. The number of rotatable bonds is 9. The predicted octanol–water partition coefficient (Wildman–Crippen LogP) is 1.76. The van der Waals surface area contributed by atoms with Gasteiger partial charge in [-0.2, -0.15) is 0 Å². The van der Waals surface area contributed by atoms with Gasteiger partial charge in [0.25, 0.3) is 0 Å². The number of likely N-dealkylation sites (N-methyl/N-ethyl adjacent to an activating group) is 2. The molecule has 0 aliphatic carbocycles. The van der Waals surface area contributed by atoms with Crippen LogP contribution in [0.25, 0.3) is 0 Å². The van der Waals surface area contributed by atoms with Gasteiger partial charge in [-0.25, -0.2) is 0 Å². The van der Waals surface area contributed by atoms with Crippen LogP contribution in [0.5, 0.6) is 0 Å². The Morgan fingerprint density at radius 3 is 2.50 bits per heavy atom. The first-order valence-corrected chi connectivity index (χ1v) is 7.60. The third-order valence-electron chi connectivity index (χ3n) is 3.33. The van der Waals surface area contributed by atoms with Crippen LogP contribution in [0, 0.1) is 0 Å². The lowest BCUT2D eigenvalue weighted by Gasteiger charge is -2.25. The number of aliphatic hydroxyl groups is 1. The lowest BCUT2D eigenvalue weighted by atomic mass is 10.2. The molecule has 1 amide bonds. The summed E-state index contributed by atoms with van der Waals surface area (Å²) in [6.07, 6.45) is 2.45. The van der Waals surface area contributed by atoms with Gasteiger partial charge in [-0.15, -0.1) is 0 Å². The third-order valence-corrected chi connectivity index (χ3v) is 3.33. The Hall–Kier alpha value is -1.10. The summed E-state index contributed by atoms with van der Waals surface area (Å²) in [4.78, 5) is 20.3. The van der Waals surface area contributed by atoms with E-state index in [-0.39, 0.29) is 12.0 Å². The summed E-state index contributed by atoms with van der Waals surface area (Å²) >= 11 is 0. The maximum absolute atomic E-state index is 12.2. The SMILES string of the molecule is CCCC/N=C(/C)N(C)CC(=O)N(CC)CCC(C)O. The van der Waals surface area contributed by atoms with E-state index in [0.29, 0.717) is 26.1 Å². The number of aliphatic imine (C=N–C) groups is 1. The summed E-state index contributed by atoms with van der Waals surface area (Å²) in [6.45, 7) is 10.2. The van der Waals surface area contributed by atoms with Crippen molar-refractivity contribution in [1.82, 2.24) is 9.80 Å². The molecule has 1 atom stereocenters. The number of hydrogen-bond acceptors (Lipinski definition) is 3. The van der Waals surface area contributed by atoms with E-state index in [9.17, 15) is 9.90 Å². The van der Waals surface area contributed by atoms with Crippen molar-refractivity contribution in [3.63, 3.8) is 0 Å². The van der Waals surface area contributed by atoms with Crippen molar-refractivity contribution in [2.75, 3.05) is 33.2 Å². The molecule has 0 bridgehead atoms. The molecule has 0 saturated heterocycles. The highest BCUT2D eigenvalue weighted by Gasteiger charge is 2.15. The van der Waals surface area contributed by atoms with E-state index in [1.807, 2.05) is 25.8 Å². The van der Waals surface area contributed by atoms with Crippen LogP contribution >= 0.6 is 0 Å². The summed E-state index contributed by atoms with van der Waals surface area (Å²) in [5.74, 6) is 0.985. The second kappa shape index (κ2) is 10.7. The van der Waals surface area contributed by atoms with E-state index in [4.69, 9.17) is 0 Å². The van der Waals surface area contributed by atoms with Crippen LogP contribution in [0.3, 0.4) is 0 Å². The van der Waals surface area contributed by atoms with Crippen molar-refractivity contribution < 1.29 is 9.90 Å². The largest absolute Gasteiger partial charge is 0.393 e. The molecule has 20 heavy (non-hydrogen) atoms. The Balaban J connectivity index is 4.29. The summed E-state index contributed by atoms with van der Waals surface area (Å²) in [7, 11) is 1.89. The Kier molecular flexibility index (Phi) is 10.1. The van der Waals surface area contributed by atoms with Crippen molar-refractivity contribution in [3.8, 4) is 0 Å². The van der Waals surface area contributed by atoms with Crippen LogP contribution in [-0.2, 0) is 4.79 Å². The molecule has 1 unspecified atom stereocenters. The van der Waals surface area contributed by atoms with Gasteiger partial charge in [-0.3, -0.25) is 9.79 Å². The number of amides is 1. The molecule has 0 rings (SSSR count). The van der Waals surface area contributed by atoms with Crippen LogP contribution in [-0.4, -0.2) is 66.0 Å². The zero-order valence-corrected chi connectivity index (χ0v) is 13.7. The first kappa shape index (κ1) is 18.9. The van der Waals surface area contributed by atoms with Crippen LogP contribution in [0.2, 0.25) is 0 Å². The predicted molar refractivity (Wildman–Crippen MR) is 84.1 cm³/mol. The molecule has 0 aliphatic heterocycles. The van der Waals surface area contributed by atoms with Crippen molar-refractivity contribution in [2.24, 2.45) is 4.99 Å². The molecule has 0 aromatic heterocycles. The lowest BCUT2D eigenvalue weighted by molar-refractivity contribution is -0.131. The number of carbonyl (C=O) groups excluding carboxylic acids is 1. The van der Waals surface area contributed by atoms with Gasteiger partial charge < -0.3 is 14.9 Å². The lowest BCUT2D eigenvalue weighted by Crippen LogP contribution is -2.41. The van der Waals surface area contributed by atoms with Gasteiger partial charge in [0.15, 0.2) is 0 Å². The molecule has 5 heteroatoms. The molecule has 0 fully saturated rings. The van der Waals surface area contributed by atoms with Gasteiger partial charge in [0, 0.05) is 26.7 Å². The highest BCUT2D eigenvalue weighted by Crippen LogP contribution is 1.99. The van der Waals surface area contributed by atoms with Crippen molar-refractivity contribution >= 4 is 11.7 Å². The van der Waals surface area contributed by atoms with Gasteiger partial charge >= 0.3 is 0 Å². The maximum atomic E-state index is 12.2. The fourth-order valence-electron chi connectivity index (χ4n) is 1.74. The molecule has 0 heterocycles. The van der Waals surface area contributed by atoms with Crippen molar-refractivity contribution in [3.05, 3.63) is 0 Å². The van der Waals surface area contributed by atoms with Crippen LogP contribution in [0.1, 0.15) is 47.0 Å². The van der Waals surface area contributed by atoms with E-state index in [0.717, 1.165) is 25.2 Å². The minimum atomic E-state index is -0.369. The molecule has 0 aromatic rings. The maximum Gasteiger partial charge on any atom is 0.242 e. The quantitative estimate of drug-likeness (QED) is 0.399. The molecule has 0 aliphatic rings. The third kappa shape index (κ3) is 8.15. The minimum absolute atomic E-state index is 0.0840. The topological polar surface area (TPSA) is 56.1 Å². The number of carbonyl (C=O) groups is 1. The average Bonchev–Trinajstić information content (AvgIpc) is 2.39. The smallest absolute Gasteiger partial charge is 0.242 e. The summed E-state index contributed by atoms with van der Waals surface area (Å²) < 4.78 is 0.